The summed E-state index contributed by atoms with van der Waals surface area (Å²) in [7, 11) is 0. The summed E-state index contributed by atoms with van der Waals surface area (Å²) >= 11 is 0. The van der Waals surface area contributed by atoms with Crippen molar-refractivity contribution in [1.29, 1.82) is 0 Å². The van der Waals surface area contributed by atoms with Crippen molar-refractivity contribution >= 4 is 5.97 Å². The maximum Gasteiger partial charge on any atom is 0.306 e. The van der Waals surface area contributed by atoms with E-state index in [-0.39, 0.29) is 11.6 Å². The van der Waals surface area contributed by atoms with Gasteiger partial charge < -0.3 is 4.74 Å². The number of hydrogen-bond acceptors (Lipinski definition) is 2. The molecule has 0 aliphatic carbocycles. The molecular weight excluding hydrogens is 320 g/mol. The minimum Gasteiger partial charge on any atom is -0.459 e. The Kier molecular flexibility index (Phi) is 15.9. The van der Waals surface area contributed by atoms with Gasteiger partial charge in [0.05, 0.1) is 0 Å². The molecule has 0 aliphatic rings. The molecule has 154 valence electrons. The van der Waals surface area contributed by atoms with Gasteiger partial charge in [0.2, 0.25) is 0 Å². The van der Waals surface area contributed by atoms with Crippen molar-refractivity contribution in [2.45, 2.75) is 130 Å². The van der Waals surface area contributed by atoms with E-state index in [0.29, 0.717) is 12.3 Å². The van der Waals surface area contributed by atoms with Gasteiger partial charge >= 0.3 is 5.97 Å². The summed E-state index contributed by atoms with van der Waals surface area (Å²) in [5.74, 6) is 0.307. The molecule has 2 nitrogen and oxygen atoms in total. The fourth-order valence-electron chi connectivity index (χ4n) is 2.80. The van der Waals surface area contributed by atoms with Crippen LogP contribution in [0.2, 0.25) is 0 Å². The van der Waals surface area contributed by atoms with Crippen molar-refractivity contribution in [3.05, 3.63) is 12.2 Å². The SMILES string of the molecule is CCCCCCCC/C=C\CCCCCCCC(=O)OC(C)(C)C(C)C. The molecule has 0 radical (unpaired) electrons. The summed E-state index contributed by atoms with van der Waals surface area (Å²) in [6, 6.07) is 0. The lowest BCUT2D eigenvalue weighted by Gasteiger charge is -2.29. The highest BCUT2D eigenvalue weighted by Crippen LogP contribution is 2.21. The third kappa shape index (κ3) is 15.5. The highest BCUT2D eigenvalue weighted by molar-refractivity contribution is 5.69. The van der Waals surface area contributed by atoms with Gasteiger partial charge in [0.15, 0.2) is 0 Å². The normalized spacial score (nSPS) is 12.2. The molecule has 0 bridgehead atoms. The van der Waals surface area contributed by atoms with E-state index in [1.165, 1.54) is 70.6 Å². The maximum atomic E-state index is 11.9. The molecule has 0 aromatic carbocycles. The monoisotopic (exact) mass is 366 g/mol. The molecule has 0 spiro atoms. The fraction of sp³-hybridized carbons (Fsp3) is 0.875. The number of rotatable bonds is 17. The number of carbonyl (C=O) groups excluding carboxylic acids is 1. The molecule has 0 aromatic heterocycles. The molecule has 0 heterocycles. The third-order valence-electron chi connectivity index (χ3n) is 5.41. The van der Waals surface area contributed by atoms with Gasteiger partial charge in [-0.1, -0.05) is 84.3 Å². The molecule has 0 atom stereocenters. The van der Waals surface area contributed by atoms with Crippen LogP contribution in [0.4, 0.5) is 0 Å². The second-order valence-corrected chi connectivity index (χ2v) is 8.57. The van der Waals surface area contributed by atoms with Crippen LogP contribution in [0, 0.1) is 5.92 Å². The van der Waals surface area contributed by atoms with Crippen molar-refractivity contribution in [3.8, 4) is 0 Å². The van der Waals surface area contributed by atoms with Crippen LogP contribution in [0.3, 0.4) is 0 Å². The molecule has 0 amide bonds. The molecule has 0 unspecified atom stereocenters. The molecule has 26 heavy (non-hydrogen) atoms. The van der Waals surface area contributed by atoms with Crippen LogP contribution in [-0.4, -0.2) is 11.6 Å². The largest absolute Gasteiger partial charge is 0.459 e. The highest BCUT2D eigenvalue weighted by Gasteiger charge is 2.26. The van der Waals surface area contributed by atoms with Crippen LogP contribution in [0.25, 0.3) is 0 Å². The molecule has 0 rings (SSSR count). The van der Waals surface area contributed by atoms with Crippen LogP contribution < -0.4 is 0 Å². The minimum atomic E-state index is -0.348. The fourth-order valence-corrected chi connectivity index (χ4v) is 2.80. The van der Waals surface area contributed by atoms with E-state index in [1.54, 1.807) is 0 Å². The van der Waals surface area contributed by atoms with Crippen molar-refractivity contribution < 1.29 is 9.53 Å². The Morgan fingerprint density at radius 1 is 0.808 bits per heavy atom. The Morgan fingerprint density at radius 2 is 1.27 bits per heavy atom. The predicted molar refractivity (Wildman–Crippen MR) is 114 cm³/mol. The summed E-state index contributed by atoms with van der Waals surface area (Å²) in [5, 5.41) is 0. The van der Waals surface area contributed by atoms with Crippen LogP contribution in [0.15, 0.2) is 12.2 Å². The van der Waals surface area contributed by atoms with Gasteiger partial charge in [-0.25, -0.2) is 0 Å². The summed E-state index contributed by atoms with van der Waals surface area (Å²) in [6.07, 6.45) is 21.9. The first-order valence-electron chi connectivity index (χ1n) is 11.3. The number of carbonyl (C=O) groups is 1. The highest BCUT2D eigenvalue weighted by atomic mass is 16.6. The zero-order valence-electron chi connectivity index (χ0n) is 18.4. The van der Waals surface area contributed by atoms with E-state index >= 15 is 0 Å². The third-order valence-corrected chi connectivity index (χ3v) is 5.41. The number of unbranched alkanes of at least 4 members (excludes halogenated alkanes) is 11. The van der Waals surface area contributed by atoms with Crippen LogP contribution in [-0.2, 0) is 9.53 Å². The molecule has 0 saturated carbocycles. The van der Waals surface area contributed by atoms with Crippen LogP contribution >= 0.6 is 0 Å². The lowest BCUT2D eigenvalue weighted by Crippen LogP contribution is -2.33. The molecule has 0 aliphatic heterocycles. The van der Waals surface area contributed by atoms with Gasteiger partial charge in [-0.3, -0.25) is 4.79 Å². The Morgan fingerprint density at radius 3 is 1.77 bits per heavy atom. The second-order valence-electron chi connectivity index (χ2n) is 8.57. The first kappa shape index (κ1) is 25.2. The van der Waals surface area contributed by atoms with E-state index in [4.69, 9.17) is 4.74 Å². The number of hydrogen-bond donors (Lipinski definition) is 0. The number of ether oxygens (including phenoxy) is 1. The van der Waals surface area contributed by atoms with Crippen molar-refractivity contribution in [2.75, 3.05) is 0 Å². The molecule has 0 saturated heterocycles. The van der Waals surface area contributed by atoms with E-state index in [1.807, 2.05) is 13.8 Å². The Balaban J connectivity index is 3.38. The van der Waals surface area contributed by atoms with Crippen molar-refractivity contribution in [1.82, 2.24) is 0 Å². The van der Waals surface area contributed by atoms with Crippen molar-refractivity contribution in [2.24, 2.45) is 5.92 Å². The smallest absolute Gasteiger partial charge is 0.306 e. The van der Waals surface area contributed by atoms with Gasteiger partial charge in [-0.05, 0) is 51.9 Å². The second kappa shape index (κ2) is 16.4. The summed E-state index contributed by atoms with van der Waals surface area (Å²) in [4.78, 5) is 11.9. The van der Waals surface area contributed by atoms with E-state index in [0.717, 1.165) is 12.8 Å². The van der Waals surface area contributed by atoms with Gasteiger partial charge in [-0.2, -0.15) is 0 Å². The molecular formula is C24H46O2. The first-order chi connectivity index (χ1) is 12.4. The summed E-state index contributed by atoms with van der Waals surface area (Å²) in [6.45, 7) is 10.4. The Labute approximate surface area is 164 Å². The first-order valence-corrected chi connectivity index (χ1v) is 11.3. The summed E-state index contributed by atoms with van der Waals surface area (Å²) < 4.78 is 5.57. The predicted octanol–water partition coefficient (Wildman–Crippen LogP) is 8.00. The Bertz CT molecular complexity index is 355. The van der Waals surface area contributed by atoms with Crippen molar-refractivity contribution in [3.63, 3.8) is 0 Å². The minimum absolute atomic E-state index is 0.0404. The molecule has 2 heteroatoms. The molecule has 0 aromatic rings. The van der Waals surface area contributed by atoms with Gasteiger partial charge in [0.25, 0.3) is 0 Å². The van der Waals surface area contributed by atoms with E-state index in [9.17, 15) is 4.79 Å². The van der Waals surface area contributed by atoms with E-state index in [2.05, 4.69) is 32.9 Å². The number of allylic oxidation sites excluding steroid dienone is 2. The van der Waals surface area contributed by atoms with Crippen LogP contribution in [0.1, 0.15) is 125 Å². The van der Waals surface area contributed by atoms with Gasteiger partial charge in [0, 0.05) is 6.42 Å². The standard InChI is InChI=1S/C24H46O2/c1-6-7-8-9-10-11-12-13-14-15-16-17-18-19-20-21-23(25)26-24(4,5)22(2)3/h13-14,22H,6-12,15-21H2,1-5H3/b14-13-. The molecule has 0 fully saturated rings. The zero-order valence-corrected chi connectivity index (χ0v) is 18.4. The Hall–Kier alpha value is -0.790. The quantitative estimate of drug-likeness (QED) is 0.148. The van der Waals surface area contributed by atoms with Gasteiger partial charge in [-0.15, -0.1) is 0 Å². The lowest BCUT2D eigenvalue weighted by atomic mass is 9.94. The number of esters is 1. The maximum absolute atomic E-state index is 11.9. The van der Waals surface area contributed by atoms with Crippen LogP contribution in [0.5, 0.6) is 0 Å². The molecule has 0 N–H and O–H groups in total. The topological polar surface area (TPSA) is 26.3 Å². The summed E-state index contributed by atoms with van der Waals surface area (Å²) in [5.41, 5.74) is -0.348. The lowest BCUT2D eigenvalue weighted by molar-refractivity contribution is -0.160. The van der Waals surface area contributed by atoms with Gasteiger partial charge in [0.1, 0.15) is 5.60 Å². The zero-order chi connectivity index (χ0) is 19.7. The average Bonchev–Trinajstić information content (AvgIpc) is 2.57. The van der Waals surface area contributed by atoms with E-state index < -0.39 is 0 Å². The average molecular weight is 367 g/mol.